The van der Waals surface area contributed by atoms with E-state index in [0.29, 0.717) is 30.1 Å². The van der Waals surface area contributed by atoms with Crippen LogP contribution in [0.15, 0.2) is 29.2 Å². The summed E-state index contributed by atoms with van der Waals surface area (Å²) in [6.07, 6.45) is 0.717. The van der Waals surface area contributed by atoms with Crippen LogP contribution in [0.3, 0.4) is 0 Å². The van der Waals surface area contributed by atoms with Crippen molar-refractivity contribution in [1.29, 1.82) is 0 Å². The first kappa shape index (κ1) is 19.5. The maximum Gasteiger partial charge on any atom is 0.267 e. The minimum Gasteiger partial charge on any atom is -0.491 e. The molecule has 0 N–H and O–H groups in total. The van der Waals surface area contributed by atoms with Crippen molar-refractivity contribution in [1.82, 2.24) is 4.90 Å². The van der Waals surface area contributed by atoms with Crippen LogP contribution in [0.25, 0.3) is 5.57 Å². The molecule has 1 aliphatic heterocycles. The number of ether oxygens (including phenoxy) is 2. The molecule has 0 aliphatic carbocycles. The summed E-state index contributed by atoms with van der Waals surface area (Å²) < 4.78 is 10.7. The van der Waals surface area contributed by atoms with Gasteiger partial charge >= 0.3 is 0 Å². The maximum absolute atomic E-state index is 12.8. The van der Waals surface area contributed by atoms with E-state index >= 15 is 0 Å². The zero-order valence-electron chi connectivity index (χ0n) is 15.2. The van der Waals surface area contributed by atoms with Crippen molar-refractivity contribution >= 4 is 29.1 Å². The Balaban J connectivity index is 2.28. The smallest absolute Gasteiger partial charge is 0.267 e. The van der Waals surface area contributed by atoms with E-state index in [9.17, 15) is 9.59 Å². The lowest BCUT2D eigenvalue weighted by Gasteiger charge is -2.14. The summed E-state index contributed by atoms with van der Waals surface area (Å²) in [5.41, 5.74) is 1.24. The van der Waals surface area contributed by atoms with Gasteiger partial charge in [0.05, 0.1) is 16.6 Å². The summed E-state index contributed by atoms with van der Waals surface area (Å²) in [4.78, 5) is 27.3. The molecule has 0 spiro atoms. The lowest BCUT2D eigenvalue weighted by molar-refractivity contribution is -0.136. The first-order valence-corrected chi connectivity index (χ1v) is 9.47. The Bertz CT molecular complexity index is 652. The van der Waals surface area contributed by atoms with Gasteiger partial charge in [-0.15, -0.1) is 11.8 Å². The van der Waals surface area contributed by atoms with Gasteiger partial charge in [0.2, 0.25) is 0 Å². The fourth-order valence-electron chi connectivity index (χ4n) is 2.63. The summed E-state index contributed by atoms with van der Waals surface area (Å²) in [5, 5.41) is 0. The van der Waals surface area contributed by atoms with E-state index in [2.05, 4.69) is 0 Å². The van der Waals surface area contributed by atoms with E-state index < -0.39 is 0 Å². The lowest BCUT2D eigenvalue weighted by Crippen LogP contribution is -2.33. The monoisotopic (exact) mass is 363 g/mol. The minimum absolute atomic E-state index is 0.0854. The van der Waals surface area contributed by atoms with E-state index in [1.54, 1.807) is 7.11 Å². The van der Waals surface area contributed by atoms with Gasteiger partial charge in [0.15, 0.2) is 0 Å². The minimum atomic E-state index is -0.227. The van der Waals surface area contributed by atoms with Gasteiger partial charge in [-0.05, 0) is 43.7 Å². The highest BCUT2D eigenvalue weighted by Crippen LogP contribution is 2.36. The lowest BCUT2D eigenvalue weighted by atomic mass is 10.1. The largest absolute Gasteiger partial charge is 0.491 e. The van der Waals surface area contributed by atoms with Crippen LogP contribution in [-0.2, 0) is 14.3 Å². The molecule has 0 atom stereocenters. The molecule has 0 radical (unpaired) electrons. The number of hydrogen-bond acceptors (Lipinski definition) is 5. The SMILES string of the molecule is CCSC1=C(c2ccc(OC(C)C)cc2)C(=O)N(CCCOC)C1=O. The number of imide groups is 1. The normalized spacial score (nSPS) is 14.8. The Kier molecular flexibility index (Phi) is 7.08. The van der Waals surface area contributed by atoms with Gasteiger partial charge in [0, 0.05) is 20.3 Å². The van der Waals surface area contributed by atoms with Gasteiger partial charge in [-0.25, -0.2) is 0 Å². The molecular weight excluding hydrogens is 338 g/mol. The van der Waals surface area contributed by atoms with Gasteiger partial charge in [-0.1, -0.05) is 19.1 Å². The molecule has 5 nitrogen and oxygen atoms in total. The number of methoxy groups -OCH3 is 1. The van der Waals surface area contributed by atoms with Crippen LogP contribution in [0.4, 0.5) is 0 Å². The quantitative estimate of drug-likeness (QED) is 0.497. The molecule has 0 bridgehead atoms. The molecule has 1 heterocycles. The third-order valence-corrected chi connectivity index (χ3v) is 4.62. The number of amides is 2. The van der Waals surface area contributed by atoms with Crippen LogP contribution in [-0.4, -0.2) is 48.8 Å². The number of benzene rings is 1. The van der Waals surface area contributed by atoms with Crippen LogP contribution >= 0.6 is 11.8 Å². The fourth-order valence-corrected chi connectivity index (χ4v) is 3.50. The molecule has 1 aromatic rings. The molecule has 1 aliphatic rings. The molecule has 0 unspecified atom stereocenters. The number of rotatable bonds is 9. The summed E-state index contributed by atoms with van der Waals surface area (Å²) >= 11 is 1.42. The van der Waals surface area contributed by atoms with E-state index in [0.717, 1.165) is 17.1 Å². The highest BCUT2D eigenvalue weighted by Gasteiger charge is 2.38. The van der Waals surface area contributed by atoms with Crippen LogP contribution in [0, 0.1) is 0 Å². The molecule has 0 saturated carbocycles. The van der Waals surface area contributed by atoms with Crippen molar-refractivity contribution in [3.05, 3.63) is 34.7 Å². The third kappa shape index (κ3) is 4.64. The Morgan fingerprint density at radius 3 is 2.36 bits per heavy atom. The van der Waals surface area contributed by atoms with Gasteiger partial charge in [0.1, 0.15) is 5.75 Å². The third-order valence-electron chi connectivity index (χ3n) is 3.66. The highest BCUT2D eigenvalue weighted by atomic mass is 32.2. The maximum atomic E-state index is 12.8. The Morgan fingerprint density at radius 1 is 1.12 bits per heavy atom. The second-order valence-corrected chi connectivity index (χ2v) is 7.21. The molecule has 136 valence electrons. The van der Waals surface area contributed by atoms with Crippen molar-refractivity contribution in [2.75, 3.05) is 26.0 Å². The van der Waals surface area contributed by atoms with Crippen molar-refractivity contribution in [3.8, 4) is 5.75 Å². The number of hydrogen-bond donors (Lipinski definition) is 0. The molecule has 25 heavy (non-hydrogen) atoms. The van der Waals surface area contributed by atoms with Crippen LogP contribution in [0.2, 0.25) is 0 Å². The topological polar surface area (TPSA) is 55.8 Å². The molecule has 0 saturated heterocycles. The summed E-state index contributed by atoms with van der Waals surface area (Å²) in [6, 6.07) is 7.35. The van der Waals surface area contributed by atoms with Crippen molar-refractivity contribution < 1.29 is 19.1 Å². The standard InChI is InChI=1S/C19H25NO4S/c1-5-25-17-16(14-7-9-15(10-8-14)24-13(2)3)18(21)20(19(17)22)11-6-12-23-4/h7-10,13H,5-6,11-12H2,1-4H3. The van der Waals surface area contributed by atoms with Crippen molar-refractivity contribution in [3.63, 3.8) is 0 Å². The number of thioether (sulfide) groups is 1. The number of carbonyl (C=O) groups excluding carboxylic acids is 2. The second kappa shape index (κ2) is 9.06. The van der Waals surface area contributed by atoms with Gasteiger partial charge < -0.3 is 9.47 Å². The Labute approximate surface area is 153 Å². The zero-order valence-corrected chi connectivity index (χ0v) is 16.0. The van der Waals surface area contributed by atoms with E-state index in [4.69, 9.17) is 9.47 Å². The first-order valence-electron chi connectivity index (χ1n) is 8.48. The molecule has 0 aromatic heterocycles. The molecule has 1 aromatic carbocycles. The van der Waals surface area contributed by atoms with Crippen LogP contribution < -0.4 is 4.74 Å². The van der Waals surface area contributed by atoms with Gasteiger partial charge in [0.25, 0.3) is 11.8 Å². The van der Waals surface area contributed by atoms with Crippen LogP contribution in [0.5, 0.6) is 5.75 Å². The summed E-state index contributed by atoms with van der Waals surface area (Å²) in [5.74, 6) is 1.05. The predicted octanol–water partition coefficient (Wildman–Crippen LogP) is 3.34. The molecule has 2 amide bonds. The Hall–Kier alpha value is -1.79. The molecule has 0 fully saturated rings. The molecule has 6 heteroatoms. The summed E-state index contributed by atoms with van der Waals surface area (Å²) in [7, 11) is 1.61. The van der Waals surface area contributed by atoms with Crippen LogP contribution in [0.1, 0.15) is 32.8 Å². The van der Waals surface area contributed by atoms with Gasteiger partial charge in [-0.3, -0.25) is 14.5 Å². The predicted molar refractivity (Wildman–Crippen MR) is 100 cm³/mol. The second-order valence-electron chi connectivity index (χ2n) is 5.94. The van der Waals surface area contributed by atoms with E-state index in [1.807, 2.05) is 45.0 Å². The molecular formula is C19H25NO4S. The first-order chi connectivity index (χ1) is 12.0. The van der Waals surface area contributed by atoms with Gasteiger partial charge in [-0.2, -0.15) is 0 Å². The Morgan fingerprint density at radius 2 is 1.80 bits per heavy atom. The van der Waals surface area contributed by atoms with Crippen molar-refractivity contribution in [2.45, 2.75) is 33.3 Å². The number of nitrogens with zero attached hydrogens (tertiary/aromatic N) is 1. The zero-order chi connectivity index (χ0) is 18.4. The fraction of sp³-hybridized carbons (Fsp3) is 0.474. The van der Waals surface area contributed by atoms with Crippen molar-refractivity contribution in [2.24, 2.45) is 0 Å². The highest BCUT2D eigenvalue weighted by molar-refractivity contribution is 8.04. The van der Waals surface area contributed by atoms with E-state index in [-0.39, 0.29) is 17.9 Å². The van der Waals surface area contributed by atoms with E-state index in [1.165, 1.54) is 16.7 Å². The average Bonchev–Trinajstić information content (AvgIpc) is 2.80. The summed E-state index contributed by atoms with van der Waals surface area (Å²) in [6.45, 7) is 6.79. The average molecular weight is 363 g/mol. The number of carbonyl (C=O) groups is 2. The molecule has 2 rings (SSSR count).